The molecule has 0 aliphatic rings. The molecule has 4 nitrogen and oxygen atoms in total. The van der Waals surface area contributed by atoms with Gasteiger partial charge in [0.25, 0.3) is 5.91 Å². The minimum Gasteiger partial charge on any atom is -0.481 e. The molecule has 4 heteroatoms. The van der Waals surface area contributed by atoms with Crippen molar-refractivity contribution in [2.75, 3.05) is 0 Å². The Kier molecular flexibility index (Phi) is 5.95. The predicted octanol–water partition coefficient (Wildman–Crippen LogP) is 3.12. The van der Waals surface area contributed by atoms with Crippen molar-refractivity contribution in [1.29, 1.82) is 0 Å². The van der Waals surface area contributed by atoms with Gasteiger partial charge in [-0.15, -0.1) is 0 Å². The highest BCUT2D eigenvalue weighted by Gasteiger charge is 2.18. The highest BCUT2D eigenvalue weighted by molar-refractivity contribution is 5.81. The van der Waals surface area contributed by atoms with Crippen molar-refractivity contribution in [2.24, 2.45) is 0 Å². The number of nitrogens with one attached hydrogen (secondary N) is 1. The Morgan fingerprint density at radius 2 is 1.95 bits per heavy atom. The third-order valence-corrected chi connectivity index (χ3v) is 3.44. The monoisotopic (exact) mass is 298 g/mol. The summed E-state index contributed by atoms with van der Waals surface area (Å²) in [7, 11) is 0. The van der Waals surface area contributed by atoms with Gasteiger partial charge in [-0.3, -0.25) is 9.78 Å². The van der Waals surface area contributed by atoms with Crippen molar-refractivity contribution in [3.63, 3.8) is 0 Å². The third-order valence-electron chi connectivity index (χ3n) is 3.44. The van der Waals surface area contributed by atoms with Crippen molar-refractivity contribution < 1.29 is 9.53 Å². The van der Waals surface area contributed by atoms with Crippen molar-refractivity contribution in [3.05, 3.63) is 59.9 Å². The lowest BCUT2D eigenvalue weighted by Gasteiger charge is -2.17. The molecule has 1 atom stereocenters. The molecule has 0 aliphatic carbocycles. The smallest absolute Gasteiger partial charge is 0.261 e. The van der Waals surface area contributed by atoms with Gasteiger partial charge < -0.3 is 10.1 Å². The lowest BCUT2D eigenvalue weighted by atomic mass is 10.1. The van der Waals surface area contributed by atoms with Crippen molar-refractivity contribution in [1.82, 2.24) is 10.3 Å². The fourth-order valence-electron chi connectivity index (χ4n) is 2.08. The molecule has 0 saturated heterocycles. The number of ether oxygens (including phenoxy) is 1. The van der Waals surface area contributed by atoms with Gasteiger partial charge in [0.2, 0.25) is 0 Å². The largest absolute Gasteiger partial charge is 0.481 e. The number of aromatic nitrogens is 1. The normalized spacial score (nSPS) is 11.7. The van der Waals surface area contributed by atoms with E-state index in [1.807, 2.05) is 49.4 Å². The maximum Gasteiger partial charge on any atom is 0.261 e. The first-order chi connectivity index (χ1) is 10.7. The molecule has 2 rings (SSSR count). The number of carbonyl (C=O) groups excluding carboxylic acids is 1. The van der Waals surface area contributed by atoms with E-state index < -0.39 is 6.10 Å². The maximum atomic E-state index is 12.2. The fraction of sp³-hybridized carbons (Fsp3) is 0.333. The van der Waals surface area contributed by atoms with Crippen LogP contribution in [0.15, 0.2) is 48.7 Å². The van der Waals surface area contributed by atoms with E-state index in [2.05, 4.69) is 17.2 Å². The van der Waals surface area contributed by atoms with Crippen LogP contribution in [0.3, 0.4) is 0 Å². The van der Waals surface area contributed by atoms with Gasteiger partial charge in [0, 0.05) is 6.20 Å². The first-order valence-corrected chi connectivity index (χ1v) is 7.66. The average Bonchev–Trinajstić information content (AvgIpc) is 2.59. The second kappa shape index (κ2) is 8.17. The van der Waals surface area contributed by atoms with E-state index in [0.29, 0.717) is 13.0 Å². The summed E-state index contributed by atoms with van der Waals surface area (Å²) in [6.45, 7) is 4.45. The summed E-state index contributed by atoms with van der Waals surface area (Å²) in [5, 5.41) is 2.87. The number of nitrogens with zero attached hydrogens (tertiary/aromatic N) is 1. The highest BCUT2D eigenvalue weighted by Crippen LogP contribution is 2.15. The van der Waals surface area contributed by atoms with Gasteiger partial charge in [0.15, 0.2) is 6.10 Å². The van der Waals surface area contributed by atoms with Crippen LogP contribution in [0.5, 0.6) is 5.75 Å². The third kappa shape index (κ3) is 4.58. The number of amides is 1. The lowest BCUT2D eigenvalue weighted by molar-refractivity contribution is -0.128. The van der Waals surface area contributed by atoms with E-state index in [1.54, 1.807) is 6.20 Å². The number of hydrogen-bond acceptors (Lipinski definition) is 3. The van der Waals surface area contributed by atoms with Gasteiger partial charge in [-0.25, -0.2) is 0 Å². The molecule has 1 aromatic carbocycles. The Balaban J connectivity index is 1.90. The molecule has 1 unspecified atom stereocenters. The van der Waals surface area contributed by atoms with Crippen LogP contribution in [0, 0.1) is 0 Å². The Morgan fingerprint density at radius 3 is 2.55 bits per heavy atom. The molecule has 0 spiro atoms. The van der Waals surface area contributed by atoms with Crippen molar-refractivity contribution >= 4 is 5.91 Å². The van der Waals surface area contributed by atoms with E-state index >= 15 is 0 Å². The molecular weight excluding hydrogens is 276 g/mol. The minimum absolute atomic E-state index is 0.118. The van der Waals surface area contributed by atoms with Gasteiger partial charge in [-0.2, -0.15) is 0 Å². The predicted molar refractivity (Wildman–Crippen MR) is 86.6 cm³/mol. The molecule has 0 aliphatic heterocycles. The van der Waals surface area contributed by atoms with E-state index in [1.165, 1.54) is 5.56 Å². The summed E-state index contributed by atoms with van der Waals surface area (Å²) in [6, 6.07) is 13.5. The van der Waals surface area contributed by atoms with Crippen LogP contribution < -0.4 is 10.1 Å². The number of hydrogen-bond donors (Lipinski definition) is 1. The van der Waals surface area contributed by atoms with Gasteiger partial charge >= 0.3 is 0 Å². The van der Waals surface area contributed by atoms with E-state index in [9.17, 15) is 4.79 Å². The topological polar surface area (TPSA) is 51.2 Å². The first-order valence-electron chi connectivity index (χ1n) is 7.66. The van der Waals surface area contributed by atoms with Gasteiger partial charge in [0.1, 0.15) is 5.75 Å². The number of rotatable bonds is 7. The summed E-state index contributed by atoms with van der Waals surface area (Å²) in [6.07, 6.45) is 2.83. The first kappa shape index (κ1) is 16.0. The maximum absolute atomic E-state index is 12.2. The van der Waals surface area contributed by atoms with Crippen LogP contribution in [0.1, 0.15) is 31.5 Å². The lowest BCUT2D eigenvalue weighted by Crippen LogP contribution is -2.37. The average molecular weight is 298 g/mol. The number of benzene rings is 1. The number of carbonyl (C=O) groups is 1. The second-order valence-corrected chi connectivity index (χ2v) is 5.05. The zero-order chi connectivity index (χ0) is 15.8. The summed E-state index contributed by atoms with van der Waals surface area (Å²) in [5.41, 5.74) is 2.08. The number of pyridine rings is 1. The van der Waals surface area contributed by atoms with Crippen LogP contribution in [0.2, 0.25) is 0 Å². The molecule has 1 aromatic heterocycles. The van der Waals surface area contributed by atoms with Crippen molar-refractivity contribution in [2.45, 2.75) is 39.3 Å². The van der Waals surface area contributed by atoms with E-state index in [4.69, 9.17) is 4.74 Å². The molecule has 0 bridgehead atoms. The van der Waals surface area contributed by atoms with Gasteiger partial charge in [0.05, 0.1) is 12.2 Å². The molecular formula is C18H22N2O2. The highest BCUT2D eigenvalue weighted by atomic mass is 16.5. The van der Waals surface area contributed by atoms with Crippen LogP contribution in [0.4, 0.5) is 0 Å². The summed E-state index contributed by atoms with van der Waals surface area (Å²) >= 11 is 0. The van der Waals surface area contributed by atoms with Gasteiger partial charge in [-0.1, -0.05) is 32.0 Å². The zero-order valence-electron chi connectivity index (χ0n) is 13.1. The summed E-state index contributed by atoms with van der Waals surface area (Å²) < 4.78 is 5.78. The quantitative estimate of drug-likeness (QED) is 0.854. The van der Waals surface area contributed by atoms with Gasteiger partial charge in [-0.05, 0) is 42.7 Å². The Morgan fingerprint density at radius 1 is 1.18 bits per heavy atom. The zero-order valence-corrected chi connectivity index (χ0v) is 13.1. The second-order valence-electron chi connectivity index (χ2n) is 5.05. The SMILES string of the molecule is CCc1ccc(OC(CC)C(=O)NCc2ccccn2)cc1. The molecule has 1 N–H and O–H groups in total. The summed E-state index contributed by atoms with van der Waals surface area (Å²) in [5.74, 6) is 0.602. The Bertz CT molecular complexity index is 582. The fourth-order valence-corrected chi connectivity index (χ4v) is 2.08. The molecule has 1 amide bonds. The molecule has 116 valence electrons. The van der Waals surface area contributed by atoms with Crippen LogP contribution in [0.25, 0.3) is 0 Å². The molecule has 0 fully saturated rings. The standard InChI is InChI=1S/C18H22N2O2/c1-3-14-8-10-16(11-9-14)22-17(4-2)18(21)20-13-15-7-5-6-12-19-15/h5-12,17H,3-4,13H2,1-2H3,(H,20,21). The van der Waals surface area contributed by atoms with Crippen LogP contribution in [-0.4, -0.2) is 17.0 Å². The van der Waals surface area contributed by atoms with Crippen LogP contribution >= 0.6 is 0 Å². The van der Waals surface area contributed by atoms with E-state index in [0.717, 1.165) is 17.9 Å². The minimum atomic E-state index is -0.490. The summed E-state index contributed by atoms with van der Waals surface area (Å²) in [4.78, 5) is 16.4. The molecule has 0 radical (unpaired) electrons. The number of aryl methyl sites for hydroxylation is 1. The molecule has 1 heterocycles. The Labute approximate surface area is 131 Å². The molecule has 22 heavy (non-hydrogen) atoms. The van der Waals surface area contributed by atoms with Crippen molar-refractivity contribution in [3.8, 4) is 5.75 Å². The van der Waals surface area contributed by atoms with Crippen LogP contribution in [-0.2, 0) is 17.8 Å². The van der Waals surface area contributed by atoms with E-state index in [-0.39, 0.29) is 5.91 Å². The molecule has 0 saturated carbocycles. The Hall–Kier alpha value is -2.36. The molecule has 2 aromatic rings.